The number of amides is 2. The molecule has 0 saturated carbocycles. The Morgan fingerprint density at radius 2 is 1.74 bits per heavy atom. The van der Waals surface area contributed by atoms with Crippen molar-refractivity contribution in [2.24, 2.45) is 5.41 Å². The van der Waals surface area contributed by atoms with Gasteiger partial charge in [0, 0.05) is 11.1 Å². The van der Waals surface area contributed by atoms with E-state index in [1.807, 2.05) is 19.9 Å². The van der Waals surface area contributed by atoms with Crippen molar-refractivity contribution < 1.29 is 24.2 Å². The zero-order valence-corrected chi connectivity index (χ0v) is 21.2. The molecule has 0 unspecified atom stereocenters. The van der Waals surface area contributed by atoms with E-state index in [9.17, 15) is 9.59 Å². The highest BCUT2D eigenvalue weighted by atomic mass is 16.6. The molecule has 0 radical (unpaired) electrons. The summed E-state index contributed by atoms with van der Waals surface area (Å²) in [7, 11) is 0. The first-order valence-electron chi connectivity index (χ1n) is 11.9. The minimum atomic E-state index is -0.824. The van der Waals surface area contributed by atoms with Crippen molar-refractivity contribution in [1.82, 2.24) is 0 Å². The summed E-state index contributed by atoms with van der Waals surface area (Å²) in [5.74, 6) is 0.168. The van der Waals surface area contributed by atoms with Crippen LogP contribution >= 0.6 is 0 Å². The standard InChI is InChI=1S/C29H30N4O5/c1-29(2,16-15-26(35)33-25-6-4-3-5-24(25)31)27(21-9-13-23(14-10-21)37-18-17-34)38-28(36)32-22-11-7-20(19-30)8-12-22/h3-16,27,34H,17-18,31H2,1-2H3,(H,32,36)(H,33,35)/b16-15+/t27-/m0/s1. The Labute approximate surface area is 221 Å². The Morgan fingerprint density at radius 1 is 1.05 bits per heavy atom. The van der Waals surface area contributed by atoms with Crippen LogP contribution < -0.4 is 21.1 Å². The molecule has 0 aromatic heterocycles. The van der Waals surface area contributed by atoms with Gasteiger partial charge in [-0.1, -0.05) is 44.2 Å². The Morgan fingerprint density at radius 3 is 2.37 bits per heavy atom. The molecule has 0 aliphatic carbocycles. The number of anilines is 3. The van der Waals surface area contributed by atoms with E-state index in [1.54, 1.807) is 78.9 Å². The zero-order valence-electron chi connectivity index (χ0n) is 21.2. The van der Waals surface area contributed by atoms with E-state index < -0.39 is 17.6 Å². The fourth-order valence-electron chi connectivity index (χ4n) is 3.60. The summed E-state index contributed by atoms with van der Waals surface area (Å²) in [5, 5.41) is 23.4. The molecule has 9 nitrogen and oxygen atoms in total. The molecule has 9 heteroatoms. The van der Waals surface area contributed by atoms with Gasteiger partial charge in [-0.3, -0.25) is 10.1 Å². The fourth-order valence-corrected chi connectivity index (χ4v) is 3.60. The van der Waals surface area contributed by atoms with Crippen molar-refractivity contribution in [3.8, 4) is 11.8 Å². The number of nitriles is 1. The zero-order chi connectivity index (χ0) is 27.5. The largest absolute Gasteiger partial charge is 0.491 e. The van der Waals surface area contributed by atoms with Crippen molar-refractivity contribution >= 4 is 29.1 Å². The number of nitrogen functional groups attached to an aromatic ring is 1. The summed E-state index contributed by atoms with van der Waals surface area (Å²) in [6.07, 6.45) is 1.54. The van der Waals surface area contributed by atoms with Crippen LogP contribution in [0.2, 0.25) is 0 Å². The molecule has 5 N–H and O–H groups in total. The van der Waals surface area contributed by atoms with Crippen molar-refractivity contribution in [3.63, 3.8) is 0 Å². The predicted molar refractivity (Wildman–Crippen MR) is 145 cm³/mol. The van der Waals surface area contributed by atoms with Crippen molar-refractivity contribution in [2.75, 3.05) is 29.6 Å². The Balaban J connectivity index is 1.81. The molecule has 0 bridgehead atoms. The smallest absolute Gasteiger partial charge is 0.412 e. The van der Waals surface area contributed by atoms with Gasteiger partial charge in [0.05, 0.1) is 29.6 Å². The summed E-state index contributed by atoms with van der Waals surface area (Å²) in [5.41, 5.74) is 7.62. The van der Waals surface area contributed by atoms with Crippen LogP contribution in [0.5, 0.6) is 5.75 Å². The third-order valence-corrected chi connectivity index (χ3v) is 5.59. The molecule has 3 aromatic rings. The van der Waals surface area contributed by atoms with Crippen LogP contribution in [0.3, 0.4) is 0 Å². The normalized spacial score (nSPS) is 11.8. The number of para-hydroxylation sites is 2. The van der Waals surface area contributed by atoms with Crippen molar-refractivity contribution in [3.05, 3.63) is 96.1 Å². The van der Waals surface area contributed by atoms with E-state index in [2.05, 4.69) is 10.6 Å². The number of carbonyl (C=O) groups excluding carboxylic acids is 2. The number of nitrogens with one attached hydrogen (secondary N) is 2. The monoisotopic (exact) mass is 514 g/mol. The number of hydrogen-bond acceptors (Lipinski definition) is 7. The van der Waals surface area contributed by atoms with Crippen LogP contribution in [0.15, 0.2) is 84.9 Å². The summed E-state index contributed by atoms with van der Waals surface area (Å²) in [6.45, 7) is 3.71. The number of aliphatic hydroxyl groups is 1. The van der Waals surface area contributed by atoms with Gasteiger partial charge in [0.15, 0.2) is 0 Å². The van der Waals surface area contributed by atoms with Gasteiger partial charge in [-0.05, 0) is 60.2 Å². The van der Waals surface area contributed by atoms with E-state index >= 15 is 0 Å². The number of nitrogens with zero attached hydrogens (tertiary/aromatic N) is 1. The Bertz CT molecular complexity index is 1310. The second kappa shape index (κ2) is 12.9. The number of ether oxygens (including phenoxy) is 2. The molecule has 0 spiro atoms. The van der Waals surface area contributed by atoms with Gasteiger partial charge in [0.1, 0.15) is 18.5 Å². The van der Waals surface area contributed by atoms with Crippen LogP contribution in [0, 0.1) is 16.7 Å². The number of aliphatic hydroxyl groups excluding tert-OH is 1. The maximum Gasteiger partial charge on any atom is 0.412 e. The molecular formula is C29H30N4O5. The average Bonchev–Trinajstić information content (AvgIpc) is 2.91. The first-order chi connectivity index (χ1) is 18.2. The van der Waals surface area contributed by atoms with Crippen LogP contribution in [-0.4, -0.2) is 30.3 Å². The van der Waals surface area contributed by atoms with Crippen LogP contribution in [-0.2, 0) is 9.53 Å². The molecule has 0 heterocycles. The predicted octanol–water partition coefficient (Wildman–Crippen LogP) is 5.02. The number of hydrogen-bond donors (Lipinski definition) is 4. The fraction of sp³-hybridized carbons (Fsp3) is 0.207. The number of nitrogens with two attached hydrogens (primary N) is 1. The lowest BCUT2D eigenvalue weighted by atomic mass is 9.82. The molecule has 38 heavy (non-hydrogen) atoms. The highest BCUT2D eigenvalue weighted by Crippen LogP contribution is 2.39. The summed E-state index contributed by atoms with van der Waals surface area (Å²) in [6, 6.07) is 22.3. The molecule has 0 aliphatic heterocycles. The van der Waals surface area contributed by atoms with E-state index in [1.165, 1.54) is 6.08 Å². The second-order valence-electron chi connectivity index (χ2n) is 8.97. The number of benzene rings is 3. The molecule has 3 aromatic carbocycles. The Kier molecular flexibility index (Phi) is 9.46. The van der Waals surface area contributed by atoms with Crippen molar-refractivity contribution in [1.29, 1.82) is 5.26 Å². The van der Waals surface area contributed by atoms with Crippen molar-refractivity contribution in [2.45, 2.75) is 20.0 Å². The van der Waals surface area contributed by atoms with Gasteiger partial charge in [0.25, 0.3) is 0 Å². The van der Waals surface area contributed by atoms with E-state index in [0.29, 0.717) is 33.9 Å². The van der Waals surface area contributed by atoms with Gasteiger partial charge in [-0.15, -0.1) is 0 Å². The topological polar surface area (TPSA) is 147 Å². The third kappa shape index (κ3) is 7.85. The highest BCUT2D eigenvalue weighted by molar-refractivity contribution is 6.01. The summed E-state index contributed by atoms with van der Waals surface area (Å²) >= 11 is 0. The van der Waals surface area contributed by atoms with Gasteiger partial charge in [-0.2, -0.15) is 5.26 Å². The maximum atomic E-state index is 12.9. The molecule has 3 rings (SSSR count). The number of carbonyl (C=O) groups is 2. The molecule has 1 atom stereocenters. The lowest BCUT2D eigenvalue weighted by Gasteiger charge is -2.31. The first-order valence-corrected chi connectivity index (χ1v) is 11.9. The average molecular weight is 515 g/mol. The highest BCUT2D eigenvalue weighted by Gasteiger charge is 2.32. The molecule has 0 saturated heterocycles. The van der Waals surface area contributed by atoms with Crippen LogP contribution in [0.25, 0.3) is 0 Å². The van der Waals surface area contributed by atoms with E-state index in [0.717, 1.165) is 0 Å². The maximum absolute atomic E-state index is 12.9. The lowest BCUT2D eigenvalue weighted by Crippen LogP contribution is -2.28. The van der Waals surface area contributed by atoms with Gasteiger partial charge < -0.3 is 25.6 Å². The van der Waals surface area contributed by atoms with Gasteiger partial charge in [0.2, 0.25) is 5.91 Å². The lowest BCUT2D eigenvalue weighted by molar-refractivity contribution is -0.112. The van der Waals surface area contributed by atoms with E-state index in [4.69, 9.17) is 25.6 Å². The minimum Gasteiger partial charge on any atom is -0.491 e. The quantitative estimate of drug-likeness (QED) is 0.219. The van der Waals surface area contributed by atoms with E-state index in [-0.39, 0.29) is 19.1 Å². The van der Waals surface area contributed by atoms with Gasteiger partial charge in [-0.25, -0.2) is 4.79 Å². The second-order valence-corrected chi connectivity index (χ2v) is 8.97. The Hall–Kier alpha value is -4.81. The molecule has 196 valence electrons. The summed E-state index contributed by atoms with van der Waals surface area (Å²) in [4.78, 5) is 25.5. The SMILES string of the molecule is CC(C)(/C=C/C(=O)Nc1ccccc1N)[C@@H](OC(=O)Nc1ccc(C#N)cc1)c1ccc(OCCO)cc1. The third-order valence-electron chi connectivity index (χ3n) is 5.59. The van der Waals surface area contributed by atoms with Crippen LogP contribution in [0.4, 0.5) is 21.9 Å². The molecule has 2 amide bonds. The first kappa shape index (κ1) is 27.8. The van der Waals surface area contributed by atoms with Gasteiger partial charge >= 0.3 is 6.09 Å². The molecule has 0 fully saturated rings. The number of rotatable bonds is 10. The molecule has 0 aliphatic rings. The minimum absolute atomic E-state index is 0.114. The molecular weight excluding hydrogens is 484 g/mol. The summed E-state index contributed by atoms with van der Waals surface area (Å²) < 4.78 is 11.3. The van der Waals surface area contributed by atoms with Crippen LogP contribution in [0.1, 0.15) is 31.1 Å².